The summed E-state index contributed by atoms with van der Waals surface area (Å²) in [6.45, 7) is -0.684. The number of fused-ring (bicyclic) bond motifs is 2. The predicted molar refractivity (Wildman–Crippen MR) is 158 cm³/mol. The van der Waals surface area contributed by atoms with Gasteiger partial charge in [0.15, 0.2) is 6.61 Å². The van der Waals surface area contributed by atoms with Crippen molar-refractivity contribution in [2.45, 2.75) is 22.4 Å². The number of nitrogens with one attached hydrogen (secondary N) is 2. The topological polar surface area (TPSA) is 152 Å². The molecule has 3 heterocycles. The molecule has 16 heteroatoms. The lowest BCUT2D eigenvalue weighted by molar-refractivity contribution is -0.384. The zero-order chi connectivity index (χ0) is 32.0. The van der Waals surface area contributed by atoms with Crippen LogP contribution in [0.25, 0.3) is 0 Å². The van der Waals surface area contributed by atoms with Crippen LogP contribution in [0, 0.1) is 16.0 Å². The Bertz CT molecular complexity index is 1910. The number of benzene rings is 3. The number of carbonyl (C=O) groups is 3. The number of halogens is 3. The highest BCUT2D eigenvalue weighted by molar-refractivity contribution is 8.00. The number of thiazole rings is 1. The van der Waals surface area contributed by atoms with E-state index in [9.17, 15) is 42.5 Å². The summed E-state index contributed by atoms with van der Waals surface area (Å²) in [6.07, 6.45) is -4.70. The van der Waals surface area contributed by atoms with Crippen LogP contribution in [0.5, 0.6) is 5.75 Å². The fourth-order valence-electron chi connectivity index (χ4n) is 5.37. The molecule has 0 bridgehead atoms. The van der Waals surface area contributed by atoms with Crippen LogP contribution >= 0.6 is 23.1 Å². The molecule has 3 atom stereocenters. The lowest BCUT2D eigenvalue weighted by atomic mass is 9.82. The Balaban J connectivity index is 1.31. The molecule has 2 aliphatic rings. The number of H-pyrrole nitrogens is 1. The van der Waals surface area contributed by atoms with Crippen molar-refractivity contribution in [3.63, 3.8) is 0 Å². The number of amides is 3. The summed E-state index contributed by atoms with van der Waals surface area (Å²) in [5, 5.41) is 12.7. The molecular formula is C29H19F3N4O7S2. The maximum atomic E-state index is 13.9. The van der Waals surface area contributed by atoms with E-state index in [2.05, 4.69) is 10.3 Å². The molecule has 11 nitrogen and oxygen atoms in total. The number of non-ortho nitro benzene ring substituents is 1. The first kappa shape index (κ1) is 30.1. The van der Waals surface area contributed by atoms with Crippen LogP contribution in [-0.4, -0.2) is 39.5 Å². The Kier molecular flexibility index (Phi) is 7.70. The van der Waals surface area contributed by atoms with Gasteiger partial charge in [-0.05, 0) is 30.3 Å². The van der Waals surface area contributed by atoms with E-state index < -0.39 is 68.6 Å². The highest BCUT2D eigenvalue weighted by Crippen LogP contribution is 2.54. The van der Waals surface area contributed by atoms with E-state index in [4.69, 9.17) is 4.74 Å². The van der Waals surface area contributed by atoms with Crippen LogP contribution < -0.4 is 19.8 Å². The highest BCUT2D eigenvalue weighted by Gasteiger charge is 2.56. The third-order valence-corrected chi connectivity index (χ3v) is 9.66. The summed E-state index contributed by atoms with van der Waals surface area (Å²) in [6, 6.07) is 15.8. The number of para-hydroxylation sites is 2. The van der Waals surface area contributed by atoms with Gasteiger partial charge in [0.1, 0.15) is 11.0 Å². The number of aromatic nitrogens is 1. The Hall–Kier alpha value is -4.96. The molecule has 0 radical (unpaired) electrons. The molecule has 3 amide bonds. The van der Waals surface area contributed by atoms with E-state index in [-0.39, 0.29) is 17.1 Å². The van der Waals surface area contributed by atoms with Crippen molar-refractivity contribution in [3.05, 3.63) is 109 Å². The van der Waals surface area contributed by atoms with Crippen LogP contribution in [0.1, 0.15) is 21.9 Å². The molecule has 1 fully saturated rings. The van der Waals surface area contributed by atoms with Crippen LogP contribution in [0.2, 0.25) is 0 Å². The van der Waals surface area contributed by atoms with Gasteiger partial charge < -0.3 is 15.0 Å². The molecule has 6 rings (SSSR count). The van der Waals surface area contributed by atoms with Gasteiger partial charge in [-0.15, -0.1) is 0 Å². The molecule has 45 heavy (non-hydrogen) atoms. The van der Waals surface area contributed by atoms with Gasteiger partial charge >= 0.3 is 11.0 Å². The Morgan fingerprint density at radius 1 is 1.00 bits per heavy atom. The molecule has 1 saturated heterocycles. The SMILES string of the molecule is O=C(COc1ccccc1[C@@H]1c2sc(=O)[nH]c2S[C@H]2C(=O)N(c3ccc([N+](=O)[O-])cc3)C(=O)[C@@H]12)Nc1ccccc1C(F)(F)F. The van der Waals surface area contributed by atoms with E-state index in [1.807, 2.05) is 0 Å². The second-order valence-electron chi connectivity index (χ2n) is 9.95. The number of aromatic amines is 1. The van der Waals surface area contributed by atoms with E-state index in [1.165, 1.54) is 42.5 Å². The standard InChI is InChI=1S/C29H19F3N4O7S2/c30-29(31,32)17-6-2-3-7-18(17)33-20(37)13-43-19-8-4-1-5-16(19)21-22-24(44-25-23(21)45-28(40)34-25)27(39)35(26(22)38)14-9-11-15(12-10-14)36(41)42/h1-12,21-22,24H,13H2,(H,33,37)(H,34,40)/t21-,22-,24+/m0/s1. The van der Waals surface area contributed by atoms with Gasteiger partial charge in [0.05, 0.1) is 32.8 Å². The number of nitrogens with zero attached hydrogens (tertiary/aromatic N) is 2. The molecule has 1 aromatic heterocycles. The lowest BCUT2D eigenvalue weighted by Crippen LogP contribution is -2.32. The van der Waals surface area contributed by atoms with Crippen molar-refractivity contribution < 1.29 is 37.2 Å². The number of ether oxygens (including phenoxy) is 1. The van der Waals surface area contributed by atoms with Gasteiger partial charge in [0, 0.05) is 28.5 Å². The van der Waals surface area contributed by atoms with Crippen molar-refractivity contribution >= 4 is 57.9 Å². The first-order chi connectivity index (χ1) is 21.4. The van der Waals surface area contributed by atoms with Gasteiger partial charge in [-0.25, -0.2) is 4.90 Å². The number of rotatable bonds is 7. The predicted octanol–water partition coefficient (Wildman–Crippen LogP) is 5.18. The number of carbonyl (C=O) groups excluding carboxylic acids is 3. The second kappa shape index (κ2) is 11.5. The number of hydrogen-bond acceptors (Lipinski definition) is 9. The van der Waals surface area contributed by atoms with Gasteiger partial charge in [-0.2, -0.15) is 13.2 Å². The van der Waals surface area contributed by atoms with Gasteiger partial charge in [0.25, 0.3) is 11.6 Å². The summed E-state index contributed by atoms with van der Waals surface area (Å²) in [5.74, 6) is -3.82. The van der Waals surface area contributed by atoms with Crippen LogP contribution in [-0.2, 0) is 20.6 Å². The van der Waals surface area contributed by atoms with Crippen LogP contribution in [0.15, 0.2) is 82.6 Å². The fraction of sp³-hybridized carbons (Fsp3) is 0.172. The summed E-state index contributed by atoms with van der Waals surface area (Å²) < 4.78 is 46.0. The number of imide groups is 1. The maximum Gasteiger partial charge on any atom is 0.418 e. The highest BCUT2D eigenvalue weighted by atomic mass is 32.2. The summed E-state index contributed by atoms with van der Waals surface area (Å²) in [7, 11) is 0. The molecule has 2 aliphatic heterocycles. The minimum Gasteiger partial charge on any atom is -0.483 e. The zero-order valence-electron chi connectivity index (χ0n) is 22.6. The number of nitro groups is 1. The Morgan fingerprint density at radius 3 is 2.40 bits per heavy atom. The van der Waals surface area contributed by atoms with E-state index >= 15 is 0 Å². The second-order valence-corrected chi connectivity index (χ2v) is 12.1. The van der Waals surface area contributed by atoms with Gasteiger partial charge in [0.2, 0.25) is 11.8 Å². The molecule has 3 aromatic carbocycles. The largest absolute Gasteiger partial charge is 0.483 e. The fourth-order valence-corrected chi connectivity index (χ4v) is 7.87. The number of anilines is 2. The molecule has 0 aliphatic carbocycles. The number of hydrogen-bond donors (Lipinski definition) is 2. The number of alkyl halides is 3. The van der Waals surface area contributed by atoms with Crippen LogP contribution in [0.4, 0.5) is 30.2 Å². The van der Waals surface area contributed by atoms with Crippen molar-refractivity contribution in [1.29, 1.82) is 0 Å². The van der Waals surface area contributed by atoms with Crippen molar-refractivity contribution in [2.75, 3.05) is 16.8 Å². The third-order valence-electron chi connectivity index (χ3n) is 7.26. The van der Waals surface area contributed by atoms with Gasteiger partial charge in [-0.3, -0.25) is 29.3 Å². The average Bonchev–Trinajstić information content (AvgIpc) is 3.50. The molecule has 4 aromatic rings. The van der Waals surface area contributed by atoms with E-state index in [1.54, 1.807) is 18.2 Å². The Morgan fingerprint density at radius 2 is 1.69 bits per heavy atom. The Labute approximate surface area is 259 Å². The normalized spacial score (nSPS) is 19.2. The maximum absolute atomic E-state index is 13.9. The summed E-state index contributed by atoms with van der Waals surface area (Å²) >= 11 is 1.89. The average molecular weight is 657 g/mol. The van der Waals surface area contributed by atoms with Gasteiger partial charge in [-0.1, -0.05) is 53.4 Å². The smallest absolute Gasteiger partial charge is 0.418 e. The van der Waals surface area contributed by atoms with Crippen molar-refractivity contribution in [3.8, 4) is 5.75 Å². The molecule has 0 spiro atoms. The minimum atomic E-state index is -4.70. The summed E-state index contributed by atoms with van der Waals surface area (Å²) in [4.78, 5) is 66.9. The third kappa shape index (κ3) is 5.57. The quantitative estimate of drug-likeness (QED) is 0.157. The zero-order valence-corrected chi connectivity index (χ0v) is 24.2. The van der Waals surface area contributed by atoms with Crippen molar-refractivity contribution in [1.82, 2.24) is 4.98 Å². The molecule has 0 unspecified atom stereocenters. The first-order valence-electron chi connectivity index (χ1n) is 13.1. The van der Waals surface area contributed by atoms with Crippen LogP contribution in [0.3, 0.4) is 0 Å². The van der Waals surface area contributed by atoms with Crippen molar-refractivity contribution in [2.24, 2.45) is 5.92 Å². The number of nitro benzene ring substituents is 1. The van der Waals surface area contributed by atoms with E-state index in [0.717, 1.165) is 40.1 Å². The summed E-state index contributed by atoms with van der Waals surface area (Å²) in [5.41, 5.74) is -1.18. The molecular weight excluding hydrogens is 637 g/mol. The van der Waals surface area contributed by atoms with E-state index in [0.29, 0.717) is 15.5 Å². The molecule has 2 N–H and O–H groups in total. The first-order valence-corrected chi connectivity index (χ1v) is 14.8. The minimum absolute atomic E-state index is 0.119. The lowest BCUT2D eigenvalue weighted by Gasteiger charge is -2.30. The monoisotopic (exact) mass is 656 g/mol. The molecule has 230 valence electrons. The molecule has 0 saturated carbocycles. The number of thioether (sulfide) groups is 1.